The number of anilines is 1. The number of H-pyrrole nitrogens is 1. The van der Waals surface area contributed by atoms with Crippen molar-refractivity contribution >= 4 is 18.1 Å². The largest absolute Gasteiger partial charge is 0.369 e. The van der Waals surface area contributed by atoms with Crippen molar-refractivity contribution in [1.29, 1.82) is 0 Å². The zero-order valence-corrected chi connectivity index (χ0v) is 14.4. The molecule has 1 aromatic carbocycles. The van der Waals surface area contributed by atoms with Gasteiger partial charge in [0.15, 0.2) is 11.5 Å². The van der Waals surface area contributed by atoms with Crippen LogP contribution in [0.15, 0.2) is 47.5 Å². The minimum atomic E-state index is -0.148. The summed E-state index contributed by atoms with van der Waals surface area (Å²) in [5.41, 5.74) is 2.06. The van der Waals surface area contributed by atoms with Gasteiger partial charge in [-0.2, -0.15) is 14.9 Å². The van der Waals surface area contributed by atoms with Crippen molar-refractivity contribution in [2.24, 2.45) is 0 Å². The Morgan fingerprint density at radius 2 is 1.80 bits per heavy atom. The number of para-hydroxylation sites is 1. The van der Waals surface area contributed by atoms with Crippen molar-refractivity contribution in [3.05, 3.63) is 53.1 Å². The Kier molecular flexibility index (Phi) is 5.14. The lowest BCUT2D eigenvalue weighted by Crippen LogP contribution is -2.33. The molecule has 4 rings (SSSR count). The van der Waals surface area contributed by atoms with E-state index in [1.165, 1.54) is 17.4 Å². The maximum absolute atomic E-state index is 12.6. The van der Waals surface area contributed by atoms with Crippen molar-refractivity contribution < 1.29 is 0 Å². The van der Waals surface area contributed by atoms with Crippen molar-refractivity contribution in [3.63, 3.8) is 0 Å². The predicted molar refractivity (Wildman–Crippen MR) is 98.5 cm³/mol. The highest BCUT2D eigenvalue weighted by molar-refractivity contribution is 5.85. The summed E-state index contributed by atoms with van der Waals surface area (Å²) in [5.74, 6) is 0.570. The van der Waals surface area contributed by atoms with Gasteiger partial charge in [0, 0.05) is 19.2 Å². The van der Waals surface area contributed by atoms with Gasteiger partial charge < -0.3 is 4.90 Å². The monoisotopic (exact) mass is 358 g/mol. The van der Waals surface area contributed by atoms with Crippen LogP contribution in [0.1, 0.15) is 19.3 Å². The topological polar surface area (TPSA) is 79.7 Å². The Morgan fingerprint density at radius 1 is 1.04 bits per heavy atom. The smallest absolute Gasteiger partial charge is 0.273 e. The second-order valence-electron chi connectivity index (χ2n) is 5.85. The minimum absolute atomic E-state index is 0. The molecule has 0 saturated carbocycles. The Hall–Kier alpha value is -2.67. The van der Waals surface area contributed by atoms with Crippen LogP contribution in [0.2, 0.25) is 0 Å². The van der Waals surface area contributed by atoms with Gasteiger partial charge in [-0.05, 0) is 31.4 Å². The third-order valence-corrected chi connectivity index (χ3v) is 4.25. The van der Waals surface area contributed by atoms with E-state index in [4.69, 9.17) is 0 Å². The average Bonchev–Trinajstić information content (AvgIpc) is 3.17. The lowest BCUT2D eigenvalue weighted by molar-refractivity contribution is 0.576. The number of aromatic amines is 1. The highest BCUT2D eigenvalue weighted by Crippen LogP contribution is 2.27. The maximum Gasteiger partial charge on any atom is 0.273 e. The van der Waals surface area contributed by atoms with Crippen LogP contribution < -0.4 is 10.5 Å². The minimum Gasteiger partial charge on any atom is -0.369 e. The molecule has 1 saturated heterocycles. The molecular formula is C17H19ClN6O. The second kappa shape index (κ2) is 7.48. The molecule has 1 fully saturated rings. The van der Waals surface area contributed by atoms with Crippen LogP contribution in [0, 0.1) is 0 Å². The molecule has 2 aromatic heterocycles. The van der Waals surface area contributed by atoms with E-state index in [-0.39, 0.29) is 18.0 Å². The van der Waals surface area contributed by atoms with Crippen molar-refractivity contribution in [2.45, 2.75) is 19.3 Å². The van der Waals surface area contributed by atoms with E-state index >= 15 is 0 Å². The van der Waals surface area contributed by atoms with Gasteiger partial charge in [-0.25, -0.2) is 4.98 Å². The number of halogens is 1. The van der Waals surface area contributed by atoms with E-state index in [1.54, 1.807) is 6.07 Å². The quantitative estimate of drug-likeness (QED) is 0.777. The number of rotatable bonds is 3. The third-order valence-electron chi connectivity index (χ3n) is 4.25. The highest BCUT2D eigenvalue weighted by atomic mass is 35.5. The summed E-state index contributed by atoms with van der Waals surface area (Å²) < 4.78 is 1.41. The van der Waals surface area contributed by atoms with Crippen molar-refractivity contribution in [2.75, 3.05) is 18.0 Å². The predicted octanol–water partition coefficient (Wildman–Crippen LogP) is 2.43. The Labute approximate surface area is 151 Å². The highest BCUT2D eigenvalue weighted by Gasteiger charge is 2.20. The molecule has 0 spiro atoms. The van der Waals surface area contributed by atoms with Gasteiger partial charge >= 0.3 is 0 Å². The second-order valence-corrected chi connectivity index (χ2v) is 5.85. The van der Waals surface area contributed by atoms with E-state index < -0.39 is 0 Å². The van der Waals surface area contributed by atoms with Gasteiger partial charge in [-0.15, -0.1) is 12.4 Å². The first kappa shape index (κ1) is 17.2. The molecule has 130 valence electrons. The van der Waals surface area contributed by atoms with E-state index in [2.05, 4.69) is 25.2 Å². The standard InChI is InChI=1S/C17H18N6O.ClH/c24-15-11-14(22-9-5-2-6-10-22)16(17-18-12-19-20-17)21-23(15)13-7-3-1-4-8-13;/h1,3-4,7-8,11-12H,2,5-6,9-10H2,(H,18,19,20);1H. The van der Waals surface area contributed by atoms with Crippen LogP contribution in [0.5, 0.6) is 0 Å². The molecule has 0 amide bonds. The van der Waals surface area contributed by atoms with Gasteiger partial charge in [0.2, 0.25) is 0 Å². The fraction of sp³-hybridized carbons (Fsp3) is 0.294. The fourth-order valence-corrected chi connectivity index (χ4v) is 3.07. The third kappa shape index (κ3) is 3.41. The van der Waals surface area contributed by atoms with Crippen LogP contribution >= 0.6 is 12.4 Å². The lowest BCUT2D eigenvalue weighted by Gasteiger charge is -2.29. The molecule has 1 aliphatic heterocycles. The van der Waals surface area contributed by atoms with E-state index in [0.717, 1.165) is 37.3 Å². The molecule has 0 aliphatic carbocycles. The van der Waals surface area contributed by atoms with Crippen molar-refractivity contribution in [3.8, 4) is 17.2 Å². The average molecular weight is 359 g/mol. The summed E-state index contributed by atoms with van der Waals surface area (Å²) in [7, 11) is 0. The first-order valence-corrected chi connectivity index (χ1v) is 8.13. The Balaban J connectivity index is 0.00000182. The van der Waals surface area contributed by atoms with Crippen LogP contribution in [0.4, 0.5) is 5.69 Å². The molecule has 0 unspecified atom stereocenters. The number of nitrogens with zero attached hydrogens (tertiary/aromatic N) is 5. The van der Waals surface area contributed by atoms with Crippen LogP contribution in [-0.4, -0.2) is 38.1 Å². The molecule has 8 heteroatoms. The zero-order chi connectivity index (χ0) is 16.4. The van der Waals surface area contributed by atoms with E-state index in [0.29, 0.717) is 11.5 Å². The fourth-order valence-electron chi connectivity index (χ4n) is 3.07. The molecule has 7 nitrogen and oxygen atoms in total. The first-order chi connectivity index (χ1) is 11.8. The van der Waals surface area contributed by atoms with Crippen LogP contribution in [-0.2, 0) is 0 Å². The number of hydrogen-bond acceptors (Lipinski definition) is 5. The number of nitrogens with one attached hydrogen (secondary N) is 1. The zero-order valence-electron chi connectivity index (χ0n) is 13.6. The molecule has 0 bridgehead atoms. The van der Waals surface area contributed by atoms with Crippen molar-refractivity contribution in [1.82, 2.24) is 25.0 Å². The summed E-state index contributed by atoms with van der Waals surface area (Å²) in [6.07, 6.45) is 4.92. The lowest BCUT2D eigenvalue weighted by atomic mass is 10.1. The van der Waals surface area contributed by atoms with Gasteiger partial charge in [0.1, 0.15) is 6.33 Å². The maximum atomic E-state index is 12.6. The Bertz CT molecular complexity index is 872. The van der Waals surface area contributed by atoms with Crippen LogP contribution in [0.3, 0.4) is 0 Å². The number of piperidine rings is 1. The SMILES string of the molecule is Cl.O=c1cc(N2CCCCC2)c(-c2ncn[nH]2)nn1-c1ccccc1. The summed E-state index contributed by atoms with van der Waals surface area (Å²) >= 11 is 0. The van der Waals surface area contributed by atoms with Gasteiger partial charge in [-0.1, -0.05) is 18.2 Å². The number of hydrogen-bond donors (Lipinski definition) is 1. The summed E-state index contributed by atoms with van der Waals surface area (Å²) in [4.78, 5) is 19.1. The summed E-state index contributed by atoms with van der Waals surface area (Å²) in [6.45, 7) is 1.86. The van der Waals surface area contributed by atoms with Gasteiger partial charge in [0.05, 0.1) is 11.4 Å². The van der Waals surface area contributed by atoms with Gasteiger partial charge in [-0.3, -0.25) is 9.89 Å². The van der Waals surface area contributed by atoms with E-state index in [1.807, 2.05) is 30.3 Å². The number of benzene rings is 1. The molecule has 1 N–H and O–H groups in total. The Morgan fingerprint density at radius 3 is 2.48 bits per heavy atom. The van der Waals surface area contributed by atoms with E-state index in [9.17, 15) is 4.79 Å². The summed E-state index contributed by atoms with van der Waals surface area (Å²) in [5, 5.41) is 11.4. The molecule has 0 atom stereocenters. The molecule has 3 heterocycles. The molecule has 25 heavy (non-hydrogen) atoms. The molecule has 1 aliphatic rings. The first-order valence-electron chi connectivity index (χ1n) is 8.13. The van der Waals surface area contributed by atoms with Crippen LogP contribution in [0.25, 0.3) is 17.2 Å². The summed E-state index contributed by atoms with van der Waals surface area (Å²) in [6, 6.07) is 11.1. The normalized spacial score (nSPS) is 14.2. The number of aromatic nitrogens is 5. The molecule has 3 aromatic rings. The van der Waals surface area contributed by atoms with Gasteiger partial charge in [0.25, 0.3) is 5.56 Å². The molecule has 0 radical (unpaired) electrons. The molecular weight excluding hydrogens is 340 g/mol.